The highest BCUT2D eigenvalue weighted by atomic mass is 16.1. The minimum absolute atomic E-state index is 0.130. The van der Waals surface area contributed by atoms with Crippen LogP contribution in [0.1, 0.15) is 25.3 Å². The molecule has 0 saturated carbocycles. The second-order valence-electron chi connectivity index (χ2n) is 5.96. The van der Waals surface area contributed by atoms with Crippen molar-refractivity contribution in [2.75, 3.05) is 6.54 Å². The molecule has 21 heavy (non-hydrogen) atoms. The largest absolute Gasteiger partial charge is 0.353 e. The van der Waals surface area contributed by atoms with Crippen LogP contribution in [0.5, 0.6) is 0 Å². The Kier molecular flexibility index (Phi) is 4.20. The van der Waals surface area contributed by atoms with Gasteiger partial charge in [-0.3, -0.25) is 4.79 Å². The van der Waals surface area contributed by atoms with Crippen LogP contribution in [0, 0.1) is 0 Å². The van der Waals surface area contributed by atoms with Crippen LogP contribution in [-0.2, 0) is 11.2 Å². The van der Waals surface area contributed by atoms with E-state index in [0.717, 1.165) is 24.9 Å². The standard InChI is InChI=1S/C18H22N2O/c1-13-11-16(9-10-19-13)20-18(21)12-15-7-4-6-14-5-2-3-8-17(14)15/h2-8,13,16,19H,9-12H2,1H3,(H,20,21). The molecule has 0 aromatic heterocycles. The first-order valence-electron chi connectivity index (χ1n) is 7.72. The smallest absolute Gasteiger partial charge is 0.224 e. The molecule has 1 fully saturated rings. The van der Waals surface area contributed by atoms with Gasteiger partial charge in [0.05, 0.1) is 6.42 Å². The van der Waals surface area contributed by atoms with Crippen molar-refractivity contribution in [2.24, 2.45) is 0 Å². The fraction of sp³-hybridized carbons (Fsp3) is 0.389. The number of fused-ring (bicyclic) bond motifs is 1. The number of hydrogen-bond donors (Lipinski definition) is 2. The number of carbonyl (C=O) groups excluding carboxylic acids is 1. The summed E-state index contributed by atoms with van der Waals surface area (Å²) in [4.78, 5) is 12.3. The third kappa shape index (κ3) is 3.42. The summed E-state index contributed by atoms with van der Waals surface area (Å²) in [5, 5.41) is 8.96. The van der Waals surface area contributed by atoms with Gasteiger partial charge in [-0.15, -0.1) is 0 Å². The van der Waals surface area contributed by atoms with Crippen LogP contribution in [0.3, 0.4) is 0 Å². The number of hydrogen-bond acceptors (Lipinski definition) is 2. The zero-order valence-electron chi connectivity index (χ0n) is 12.4. The molecule has 2 aromatic carbocycles. The van der Waals surface area contributed by atoms with Crippen molar-refractivity contribution in [1.82, 2.24) is 10.6 Å². The van der Waals surface area contributed by atoms with Gasteiger partial charge in [0.1, 0.15) is 0 Å². The summed E-state index contributed by atoms with van der Waals surface area (Å²) in [5.41, 5.74) is 1.10. The minimum atomic E-state index is 0.130. The number of carbonyl (C=O) groups is 1. The maximum Gasteiger partial charge on any atom is 0.224 e. The highest BCUT2D eigenvalue weighted by Gasteiger charge is 2.20. The van der Waals surface area contributed by atoms with Crippen molar-refractivity contribution >= 4 is 16.7 Å². The fourth-order valence-corrected chi connectivity index (χ4v) is 3.16. The molecule has 0 radical (unpaired) electrons. The number of benzene rings is 2. The van der Waals surface area contributed by atoms with Crippen molar-refractivity contribution in [2.45, 2.75) is 38.3 Å². The van der Waals surface area contributed by atoms with Gasteiger partial charge in [-0.1, -0.05) is 42.5 Å². The van der Waals surface area contributed by atoms with Crippen molar-refractivity contribution in [1.29, 1.82) is 0 Å². The molecular weight excluding hydrogens is 260 g/mol. The topological polar surface area (TPSA) is 41.1 Å². The molecular formula is C18H22N2O. The Labute approximate surface area is 125 Å². The Morgan fingerprint density at radius 1 is 1.24 bits per heavy atom. The SMILES string of the molecule is CC1CC(NC(=O)Cc2cccc3ccccc23)CCN1. The Morgan fingerprint density at radius 2 is 2.05 bits per heavy atom. The second-order valence-corrected chi connectivity index (χ2v) is 5.96. The molecule has 110 valence electrons. The molecule has 1 amide bonds. The summed E-state index contributed by atoms with van der Waals surface area (Å²) in [6.45, 7) is 3.16. The van der Waals surface area contributed by atoms with Crippen LogP contribution in [0.2, 0.25) is 0 Å². The Bertz CT molecular complexity index is 633. The van der Waals surface area contributed by atoms with Crippen LogP contribution in [0.4, 0.5) is 0 Å². The van der Waals surface area contributed by atoms with Gasteiger partial charge in [-0.25, -0.2) is 0 Å². The van der Waals surface area contributed by atoms with Crippen LogP contribution in [-0.4, -0.2) is 24.5 Å². The predicted octanol–water partition coefficient (Wildman–Crippen LogP) is 2.64. The zero-order chi connectivity index (χ0) is 14.7. The Hall–Kier alpha value is -1.87. The van der Waals surface area contributed by atoms with Crippen LogP contribution in [0.15, 0.2) is 42.5 Å². The maximum absolute atomic E-state index is 12.3. The van der Waals surface area contributed by atoms with Crippen LogP contribution >= 0.6 is 0 Å². The van der Waals surface area contributed by atoms with E-state index >= 15 is 0 Å². The first-order valence-corrected chi connectivity index (χ1v) is 7.72. The summed E-state index contributed by atoms with van der Waals surface area (Å²) in [7, 11) is 0. The molecule has 2 aromatic rings. The summed E-state index contributed by atoms with van der Waals surface area (Å²) in [5.74, 6) is 0.130. The number of nitrogens with one attached hydrogen (secondary N) is 2. The first kappa shape index (κ1) is 14.1. The quantitative estimate of drug-likeness (QED) is 0.908. The van der Waals surface area contributed by atoms with Gasteiger partial charge in [-0.2, -0.15) is 0 Å². The van der Waals surface area contributed by atoms with Gasteiger partial charge >= 0.3 is 0 Å². The number of amides is 1. The molecule has 3 heteroatoms. The van der Waals surface area contributed by atoms with E-state index in [2.05, 4.69) is 35.8 Å². The maximum atomic E-state index is 12.3. The van der Waals surface area contributed by atoms with Gasteiger partial charge in [0.2, 0.25) is 5.91 Å². The Morgan fingerprint density at radius 3 is 2.90 bits per heavy atom. The van der Waals surface area contributed by atoms with E-state index in [0.29, 0.717) is 18.5 Å². The van der Waals surface area contributed by atoms with Gasteiger partial charge in [0, 0.05) is 12.1 Å². The minimum Gasteiger partial charge on any atom is -0.353 e. The summed E-state index contributed by atoms with van der Waals surface area (Å²) in [6, 6.07) is 15.2. The molecule has 0 bridgehead atoms. The van der Waals surface area contributed by atoms with E-state index in [9.17, 15) is 4.79 Å². The van der Waals surface area contributed by atoms with E-state index in [1.165, 1.54) is 10.8 Å². The normalized spacial score (nSPS) is 22.1. The van der Waals surface area contributed by atoms with Gasteiger partial charge < -0.3 is 10.6 Å². The molecule has 0 aliphatic carbocycles. The van der Waals surface area contributed by atoms with E-state index in [1.54, 1.807) is 0 Å². The average Bonchev–Trinajstić information content (AvgIpc) is 2.47. The molecule has 0 spiro atoms. The third-order valence-corrected chi connectivity index (χ3v) is 4.22. The summed E-state index contributed by atoms with van der Waals surface area (Å²) in [6.07, 6.45) is 2.49. The molecule has 2 atom stereocenters. The van der Waals surface area contributed by atoms with Crippen LogP contribution in [0.25, 0.3) is 10.8 Å². The number of piperidine rings is 1. The highest BCUT2D eigenvalue weighted by molar-refractivity contribution is 5.90. The molecule has 1 heterocycles. The lowest BCUT2D eigenvalue weighted by atomic mass is 9.99. The summed E-state index contributed by atoms with van der Waals surface area (Å²) >= 11 is 0. The second kappa shape index (κ2) is 6.27. The van der Waals surface area contributed by atoms with E-state index in [4.69, 9.17) is 0 Å². The molecule has 1 saturated heterocycles. The lowest BCUT2D eigenvalue weighted by Gasteiger charge is -2.28. The van der Waals surface area contributed by atoms with Crippen LogP contribution < -0.4 is 10.6 Å². The van der Waals surface area contributed by atoms with Gasteiger partial charge in [0.25, 0.3) is 0 Å². The Balaban J connectivity index is 1.69. The van der Waals surface area contributed by atoms with Crippen molar-refractivity contribution in [3.05, 3.63) is 48.0 Å². The molecule has 3 rings (SSSR count). The van der Waals surface area contributed by atoms with Crippen molar-refractivity contribution < 1.29 is 4.79 Å². The fourth-order valence-electron chi connectivity index (χ4n) is 3.16. The van der Waals surface area contributed by atoms with E-state index < -0.39 is 0 Å². The van der Waals surface area contributed by atoms with Gasteiger partial charge in [0.15, 0.2) is 0 Å². The predicted molar refractivity (Wildman–Crippen MR) is 86.3 cm³/mol. The first-order chi connectivity index (χ1) is 10.2. The molecule has 1 aliphatic heterocycles. The molecule has 2 unspecified atom stereocenters. The highest BCUT2D eigenvalue weighted by Crippen LogP contribution is 2.19. The monoisotopic (exact) mass is 282 g/mol. The molecule has 3 nitrogen and oxygen atoms in total. The van der Waals surface area contributed by atoms with E-state index in [-0.39, 0.29) is 5.91 Å². The lowest BCUT2D eigenvalue weighted by molar-refractivity contribution is -0.121. The molecule has 2 N–H and O–H groups in total. The zero-order valence-corrected chi connectivity index (χ0v) is 12.4. The third-order valence-electron chi connectivity index (χ3n) is 4.22. The molecule has 1 aliphatic rings. The number of rotatable bonds is 3. The summed E-state index contributed by atoms with van der Waals surface area (Å²) < 4.78 is 0. The average molecular weight is 282 g/mol. The van der Waals surface area contributed by atoms with Crippen molar-refractivity contribution in [3.8, 4) is 0 Å². The van der Waals surface area contributed by atoms with Crippen molar-refractivity contribution in [3.63, 3.8) is 0 Å². The lowest BCUT2D eigenvalue weighted by Crippen LogP contribution is -2.46. The van der Waals surface area contributed by atoms with E-state index in [1.807, 2.05) is 24.3 Å². The van der Waals surface area contributed by atoms with Gasteiger partial charge in [-0.05, 0) is 42.6 Å².